The second-order valence-corrected chi connectivity index (χ2v) is 16.2. The predicted octanol–water partition coefficient (Wildman–Crippen LogP) is 3.11. The van der Waals surface area contributed by atoms with E-state index in [9.17, 15) is 27.6 Å². The summed E-state index contributed by atoms with van der Waals surface area (Å²) in [4.78, 5) is 60.7. The van der Waals surface area contributed by atoms with Gasteiger partial charge in [-0.25, -0.2) is 13.2 Å². The van der Waals surface area contributed by atoms with Crippen LogP contribution in [0.3, 0.4) is 0 Å². The molecular weight excluding hydrogens is 640 g/mol. The summed E-state index contributed by atoms with van der Waals surface area (Å²) in [6.45, 7) is 5.28. The SMILES string of the molecule is CC(C)(C)OC(=O)N[C@H]1CCCCC/C=C\[C@@H]2C[C@@]2(C(=O)NS(=O)(=O)C2CC2)NC(=O)[C@@H]2C[C@@H](Nc3nc4ccccc4o3)CN2C1=O. The summed E-state index contributed by atoms with van der Waals surface area (Å²) in [5.41, 5.74) is -1.03. The van der Waals surface area contributed by atoms with Gasteiger partial charge in [-0.1, -0.05) is 37.1 Å². The maximum atomic E-state index is 14.3. The summed E-state index contributed by atoms with van der Waals surface area (Å²) in [6.07, 6.45) is 7.70. The van der Waals surface area contributed by atoms with Crippen molar-refractivity contribution in [1.29, 1.82) is 0 Å². The summed E-state index contributed by atoms with van der Waals surface area (Å²) in [5.74, 6) is -2.23. The molecule has 15 heteroatoms. The first-order valence-corrected chi connectivity index (χ1v) is 18.3. The van der Waals surface area contributed by atoms with Gasteiger partial charge < -0.3 is 30.0 Å². The van der Waals surface area contributed by atoms with Crippen molar-refractivity contribution in [3.8, 4) is 0 Å². The van der Waals surface area contributed by atoms with E-state index in [1.54, 1.807) is 32.9 Å². The molecule has 1 aromatic carbocycles. The van der Waals surface area contributed by atoms with Gasteiger partial charge in [-0.05, 0) is 77.8 Å². The Morgan fingerprint density at radius 1 is 1.10 bits per heavy atom. The average molecular weight is 685 g/mol. The second-order valence-electron chi connectivity index (χ2n) is 14.3. The number of hydrogen-bond acceptors (Lipinski definition) is 10. The van der Waals surface area contributed by atoms with Crippen LogP contribution in [0.4, 0.5) is 10.8 Å². The Kier molecular flexibility index (Phi) is 9.18. The lowest BCUT2D eigenvalue weighted by molar-refractivity contribution is -0.141. The summed E-state index contributed by atoms with van der Waals surface area (Å²) < 4.78 is 39.0. The molecule has 1 saturated heterocycles. The van der Waals surface area contributed by atoms with Crippen LogP contribution >= 0.6 is 0 Å². The summed E-state index contributed by atoms with van der Waals surface area (Å²) in [5, 5.41) is 8.19. The third-order valence-electron chi connectivity index (χ3n) is 9.19. The molecule has 0 bridgehead atoms. The van der Waals surface area contributed by atoms with Crippen LogP contribution in [0.5, 0.6) is 0 Å². The highest BCUT2D eigenvalue weighted by Gasteiger charge is 2.62. The molecule has 5 atom stereocenters. The molecule has 4 amide bonds. The van der Waals surface area contributed by atoms with Crippen molar-refractivity contribution >= 4 is 51.0 Å². The molecule has 1 aromatic heterocycles. The largest absolute Gasteiger partial charge is 0.444 e. The number of oxazole rings is 1. The number of alkyl carbamates (subject to hydrolysis) is 1. The van der Waals surface area contributed by atoms with Crippen LogP contribution in [0.25, 0.3) is 11.1 Å². The van der Waals surface area contributed by atoms with Crippen LogP contribution in [0.1, 0.15) is 78.6 Å². The lowest BCUT2D eigenvalue weighted by Gasteiger charge is -2.30. The van der Waals surface area contributed by atoms with E-state index in [0.29, 0.717) is 43.2 Å². The number of aromatic nitrogens is 1. The van der Waals surface area contributed by atoms with Crippen molar-refractivity contribution in [2.24, 2.45) is 5.92 Å². The Morgan fingerprint density at radius 2 is 1.88 bits per heavy atom. The van der Waals surface area contributed by atoms with Crippen LogP contribution in [0.2, 0.25) is 0 Å². The number of nitrogens with one attached hydrogen (secondary N) is 4. The number of hydrogen-bond donors (Lipinski definition) is 4. The van der Waals surface area contributed by atoms with Crippen LogP contribution in [-0.2, 0) is 29.1 Å². The number of carbonyl (C=O) groups is 4. The Labute approximate surface area is 279 Å². The molecule has 2 aliphatic heterocycles. The summed E-state index contributed by atoms with van der Waals surface area (Å²) in [7, 11) is -3.86. The second kappa shape index (κ2) is 13.1. The molecule has 0 unspecified atom stereocenters. The van der Waals surface area contributed by atoms with Gasteiger partial charge >= 0.3 is 6.09 Å². The summed E-state index contributed by atoms with van der Waals surface area (Å²) >= 11 is 0. The molecule has 3 fully saturated rings. The van der Waals surface area contributed by atoms with Crippen LogP contribution in [0, 0.1) is 5.92 Å². The molecule has 0 radical (unpaired) electrons. The number of rotatable bonds is 6. The number of amides is 4. The number of benzene rings is 1. The Hall–Kier alpha value is -4.14. The Morgan fingerprint density at radius 3 is 2.60 bits per heavy atom. The normalized spacial score (nSPS) is 29.0. The van der Waals surface area contributed by atoms with Crippen LogP contribution < -0.4 is 20.7 Å². The number of sulfonamides is 1. The lowest BCUT2D eigenvalue weighted by atomic mass is 10.0. The van der Waals surface area contributed by atoms with E-state index in [0.717, 1.165) is 12.8 Å². The van der Waals surface area contributed by atoms with Crippen molar-refractivity contribution in [2.45, 2.75) is 113 Å². The van der Waals surface area contributed by atoms with E-state index in [4.69, 9.17) is 9.15 Å². The maximum absolute atomic E-state index is 14.3. The smallest absolute Gasteiger partial charge is 0.408 e. The zero-order valence-electron chi connectivity index (χ0n) is 27.5. The third kappa shape index (κ3) is 7.61. The van der Waals surface area contributed by atoms with Crippen molar-refractivity contribution in [2.75, 3.05) is 11.9 Å². The summed E-state index contributed by atoms with van der Waals surface area (Å²) in [6, 6.07) is 5.01. The molecule has 4 N–H and O–H groups in total. The molecule has 14 nitrogen and oxygen atoms in total. The fourth-order valence-corrected chi connectivity index (χ4v) is 7.83. The monoisotopic (exact) mass is 684 g/mol. The van der Waals surface area contributed by atoms with E-state index in [-0.39, 0.29) is 25.4 Å². The minimum absolute atomic E-state index is 0.0841. The predicted molar refractivity (Wildman–Crippen MR) is 176 cm³/mol. The molecule has 2 aromatic rings. The Bertz CT molecular complexity index is 1680. The topological polar surface area (TPSA) is 189 Å². The minimum atomic E-state index is -3.86. The van der Waals surface area contributed by atoms with E-state index in [1.807, 2.05) is 24.3 Å². The first-order valence-electron chi connectivity index (χ1n) is 16.7. The first kappa shape index (κ1) is 33.7. The molecule has 3 heterocycles. The maximum Gasteiger partial charge on any atom is 0.408 e. The number of ether oxygens (including phenoxy) is 1. The van der Waals surface area contributed by atoms with E-state index < -0.39 is 74.3 Å². The quantitative estimate of drug-likeness (QED) is 0.329. The fourth-order valence-electron chi connectivity index (χ4n) is 6.46. The van der Waals surface area contributed by atoms with Crippen molar-refractivity contribution < 1.29 is 36.7 Å². The van der Waals surface area contributed by atoms with E-state index >= 15 is 0 Å². The minimum Gasteiger partial charge on any atom is -0.444 e. The average Bonchev–Trinajstić information content (AvgIpc) is 3.89. The first-order chi connectivity index (χ1) is 22.7. The highest BCUT2D eigenvalue weighted by atomic mass is 32.2. The van der Waals surface area contributed by atoms with Gasteiger partial charge in [0, 0.05) is 12.5 Å². The van der Waals surface area contributed by atoms with Gasteiger partial charge in [-0.15, -0.1) is 0 Å². The lowest BCUT2D eigenvalue weighted by Crippen LogP contribution is -2.58. The van der Waals surface area contributed by atoms with Gasteiger partial charge in [0.2, 0.25) is 21.8 Å². The van der Waals surface area contributed by atoms with Gasteiger partial charge in [0.05, 0.1) is 11.3 Å². The standard InChI is InChI=1S/C33H44N6O8S/c1-32(2,3)47-31(43)36-24-13-8-6-4-5-7-11-20-18-33(20,29(42)38-48(44,45)22-15-16-22)37-27(40)25-17-21(19-39(25)28(24)41)34-30-35-23-12-9-10-14-26(23)46-30/h7,9-12,14,20-22,24-25H,4-6,8,13,15-19H2,1-3H3,(H,34,35)(H,36,43)(H,37,40)(H,38,42)/b11-7-/t20-,21-,24+,25+,33-/m1/s1. The zero-order valence-corrected chi connectivity index (χ0v) is 28.3. The molecule has 48 heavy (non-hydrogen) atoms. The Balaban J connectivity index is 1.28. The van der Waals surface area contributed by atoms with Crippen molar-refractivity contribution in [3.05, 3.63) is 36.4 Å². The van der Waals surface area contributed by atoms with Gasteiger partial charge in [-0.2, -0.15) is 4.98 Å². The number of nitrogens with zero attached hydrogens (tertiary/aromatic N) is 2. The van der Waals surface area contributed by atoms with Gasteiger partial charge in [0.1, 0.15) is 28.7 Å². The molecule has 2 saturated carbocycles. The molecule has 6 rings (SSSR count). The highest BCUT2D eigenvalue weighted by Crippen LogP contribution is 2.46. The van der Waals surface area contributed by atoms with Crippen LogP contribution in [0.15, 0.2) is 40.8 Å². The van der Waals surface area contributed by atoms with Gasteiger partial charge in [0.15, 0.2) is 5.58 Å². The van der Waals surface area contributed by atoms with E-state index in [1.165, 1.54) is 4.90 Å². The number of fused-ring (bicyclic) bond motifs is 3. The molecule has 0 spiro atoms. The fraction of sp³-hybridized carbons (Fsp3) is 0.606. The molecule has 260 valence electrons. The van der Waals surface area contributed by atoms with Crippen molar-refractivity contribution in [1.82, 2.24) is 25.2 Å². The van der Waals surface area contributed by atoms with Gasteiger partial charge in [0.25, 0.3) is 11.9 Å². The van der Waals surface area contributed by atoms with Crippen molar-refractivity contribution in [3.63, 3.8) is 0 Å². The number of anilines is 1. The van der Waals surface area contributed by atoms with E-state index in [2.05, 4.69) is 25.7 Å². The zero-order chi connectivity index (χ0) is 34.3. The van der Waals surface area contributed by atoms with Gasteiger partial charge in [-0.3, -0.25) is 19.1 Å². The number of carbonyl (C=O) groups excluding carboxylic acids is 4. The van der Waals surface area contributed by atoms with Crippen LogP contribution in [-0.4, -0.2) is 83.2 Å². The molecule has 4 aliphatic rings. The molecular formula is C33H44N6O8S. The number of allylic oxidation sites excluding steroid dienone is 1. The number of para-hydroxylation sites is 2. The highest BCUT2D eigenvalue weighted by molar-refractivity contribution is 7.91. The molecule has 2 aliphatic carbocycles. The third-order valence-corrected chi connectivity index (χ3v) is 11.0.